The van der Waals surface area contributed by atoms with Gasteiger partial charge in [-0.3, -0.25) is 0 Å². The van der Waals surface area contributed by atoms with E-state index in [2.05, 4.69) is 40.7 Å². The van der Waals surface area contributed by atoms with Gasteiger partial charge in [-0.05, 0) is 105 Å². The SMILES string of the molecule is CCC1(O)CC[C@@]2(C)C(=CC[C@H]3[C@@H]4CC[C@H]([C@H](C)[C@H](O)CC5(C)COC5)C4(C)CC[C@@H]32)C1. The Morgan fingerprint density at radius 1 is 1.06 bits per heavy atom. The molecule has 0 aromatic rings. The van der Waals surface area contributed by atoms with Crippen molar-refractivity contribution in [3.05, 3.63) is 11.6 Å². The molecule has 2 N–H and O–H groups in total. The van der Waals surface area contributed by atoms with Crippen LogP contribution in [0.25, 0.3) is 0 Å². The van der Waals surface area contributed by atoms with Crippen LogP contribution >= 0.6 is 0 Å². The fourth-order valence-electron chi connectivity index (χ4n) is 9.45. The van der Waals surface area contributed by atoms with Gasteiger partial charge in [-0.15, -0.1) is 0 Å². The maximum Gasteiger partial charge on any atom is 0.0682 e. The van der Waals surface area contributed by atoms with Crippen LogP contribution in [0.4, 0.5) is 0 Å². The van der Waals surface area contributed by atoms with Crippen molar-refractivity contribution >= 4 is 0 Å². The highest BCUT2D eigenvalue weighted by atomic mass is 16.5. The Balaban J connectivity index is 1.34. The monoisotopic (exact) mass is 444 g/mol. The zero-order chi connectivity index (χ0) is 22.9. The Morgan fingerprint density at radius 3 is 2.47 bits per heavy atom. The van der Waals surface area contributed by atoms with Crippen LogP contribution in [0.5, 0.6) is 0 Å². The second-order valence-electron chi connectivity index (χ2n) is 13.7. The molecule has 1 saturated heterocycles. The summed E-state index contributed by atoms with van der Waals surface area (Å²) in [7, 11) is 0. The number of rotatable bonds is 5. The number of aliphatic hydroxyl groups excluding tert-OH is 1. The van der Waals surface area contributed by atoms with Crippen molar-refractivity contribution in [3.63, 3.8) is 0 Å². The summed E-state index contributed by atoms with van der Waals surface area (Å²) >= 11 is 0. The van der Waals surface area contributed by atoms with Crippen LogP contribution in [0.1, 0.15) is 98.8 Å². The second-order valence-corrected chi connectivity index (χ2v) is 13.7. The summed E-state index contributed by atoms with van der Waals surface area (Å²) in [5.41, 5.74) is 1.97. The molecular weight excluding hydrogens is 396 g/mol. The van der Waals surface area contributed by atoms with Gasteiger partial charge in [-0.25, -0.2) is 0 Å². The van der Waals surface area contributed by atoms with E-state index in [1.165, 1.54) is 32.1 Å². The van der Waals surface area contributed by atoms with Gasteiger partial charge in [0.05, 0.1) is 24.9 Å². The molecule has 3 heteroatoms. The first kappa shape index (κ1) is 23.4. The molecule has 1 heterocycles. The Morgan fingerprint density at radius 2 is 1.81 bits per heavy atom. The predicted octanol–water partition coefficient (Wildman–Crippen LogP) is 6.13. The van der Waals surface area contributed by atoms with Crippen molar-refractivity contribution in [1.29, 1.82) is 0 Å². The minimum atomic E-state index is -0.465. The van der Waals surface area contributed by atoms with Gasteiger partial charge in [0.2, 0.25) is 0 Å². The second kappa shape index (κ2) is 7.82. The minimum absolute atomic E-state index is 0.185. The van der Waals surface area contributed by atoms with Gasteiger partial charge in [0.1, 0.15) is 0 Å². The van der Waals surface area contributed by atoms with E-state index < -0.39 is 5.60 Å². The van der Waals surface area contributed by atoms with Crippen LogP contribution in [0, 0.1) is 45.8 Å². The lowest BCUT2D eigenvalue weighted by Crippen LogP contribution is -2.53. The van der Waals surface area contributed by atoms with E-state index in [1.54, 1.807) is 5.57 Å². The lowest BCUT2D eigenvalue weighted by atomic mass is 9.46. The minimum Gasteiger partial charge on any atom is -0.393 e. The summed E-state index contributed by atoms with van der Waals surface area (Å²) in [4.78, 5) is 0. The maximum absolute atomic E-state index is 11.2. The molecule has 0 radical (unpaired) electrons. The number of aliphatic hydroxyl groups is 2. The third-order valence-corrected chi connectivity index (χ3v) is 11.8. The molecule has 0 spiro atoms. The molecule has 9 atom stereocenters. The van der Waals surface area contributed by atoms with Crippen LogP contribution in [0.15, 0.2) is 11.6 Å². The number of ether oxygens (including phenoxy) is 1. The molecule has 2 unspecified atom stereocenters. The molecule has 4 aliphatic carbocycles. The highest BCUT2D eigenvalue weighted by Crippen LogP contribution is 2.68. The van der Waals surface area contributed by atoms with Crippen molar-refractivity contribution in [2.24, 2.45) is 45.8 Å². The summed E-state index contributed by atoms with van der Waals surface area (Å²) in [5, 5.41) is 22.2. The molecule has 0 aromatic heterocycles. The Hall–Kier alpha value is -0.380. The molecule has 32 heavy (non-hydrogen) atoms. The van der Waals surface area contributed by atoms with E-state index in [-0.39, 0.29) is 11.5 Å². The summed E-state index contributed by atoms with van der Waals surface area (Å²) < 4.78 is 5.45. The Labute approximate surface area is 196 Å². The molecule has 3 saturated carbocycles. The molecule has 0 bridgehead atoms. The highest BCUT2D eigenvalue weighted by Gasteiger charge is 2.60. The Kier molecular flexibility index (Phi) is 5.71. The smallest absolute Gasteiger partial charge is 0.0682 e. The molecule has 4 fully saturated rings. The van der Waals surface area contributed by atoms with Gasteiger partial charge >= 0.3 is 0 Å². The first-order valence-corrected chi connectivity index (χ1v) is 13.7. The fraction of sp³-hybridized carbons (Fsp3) is 0.931. The van der Waals surface area contributed by atoms with E-state index in [0.29, 0.717) is 22.7 Å². The van der Waals surface area contributed by atoms with Gasteiger partial charge < -0.3 is 14.9 Å². The van der Waals surface area contributed by atoms with Gasteiger partial charge in [0, 0.05) is 5.41 Å². The number of hydrogen-bond donors (Lipinski definition) is 2. The third-order valence-electron chi connectivity index (χ3n) is 11.8. The zero-order valence-corrected chi connectivity index (χ0v) is 21.3. The topological polar surface area (TPSA) is 49.7 Å². The van der Waals surface area contributed by atoms with Gasteiger partial charge in [0.25, 0.3) is 0 Å². The lowest BCUT2D eigenvalue weighted by molar-refractivity contribution is -0.133. The quantitative estimate of drug-likeness (QED) is 0.502. The number of hydrogen-bond acceptors (Lipinski definition) is 3. The van der Waals surface area contributed by atoms with E-state index in [1.807, 2.05) is 0 Å². The standard InChI is InChI=1S/C29H48O3/c1-6-29(31)14-13-27(4)20(15-29)7-8-21-23-10-9-22(28(23,5)12-11-24(21)27)19(2)25(30)16-26(3)17-32-18-26/h7,19,21-25,30-31H,6,8-18H2,1-5H3/t19-,21-,22+,23-,24-,25+,27-,28?,29?/m0/s1. The molecule has 1 aliphatic heterocycles. The van der Waals surface area contributed by atoms with Crippen LogP contribution in [-0.2, 0) is 4.74 Å². The molecule has 5 rings (SSSR count). The fourth-order valence-corrected chi connectivity index (χ4v) is 9.45. The Bertz CT molecular complexity index is 756. The molecule has 0 aromatic carbocycles. The molecular formula is C29H48O3. The predicted molar refractivity (Wildman–Crippen MR) is 129 cm³/mol. The number of allylic oxidation sites excluding steroid dienone is 1. The van der Waals surface area contributed by atoms with Gasteiger partial charge in [-0.1, -0.05) is 46.3 Å². The van der Waals surface area contributed by atoms with Crippen molar-refractivity contribution in [2.75, 3.05) is 13.2 Å². The third kappa shape index (κ3) is 3.47. The van der Waals surface area contributed by atoms with Crippen LogP contribution < -0.4 is 0 Å². The summed E-state index contributed by atoms with van der Waals surface area (Å²) in [6.45, 7) is 13.5. The highest BCUT2D eigenvalue weighted by molar-refractivity contribution is 5.27. The number of fused-ring (bicyclic) bond motifs is 5. The van der Waals surface area contributed by atoms with Gasteiger partial charge in [0.15, 0.2) is 0 Å². The normalized spacial score (nSPS) is 49.2. The van der Waals surface area contributed by atoms with Crippen LogP contribution in [-0.4, -0.2) is 35.1 Å². The summed E-state index contributed by atoms with van der Waals surface area (Å²) in [6.07, 6.45) is 13.7. The van der Waals surface area contributed by atoms with E-state index in [4.69, 9.17) is 4.74 Å². The van der Waals surface area contributed by atoms with Crippen LogP contribution in [0.3, 0.4) is 0 Å². The zero-order valence-electron chi connectivity index (χ0n) is 21.3. The molecule has 3 nitrogen and oxygen atoms in total. The first-order valence-electron chi connectivity index (χ1n) is 13.7. The van der Waals surface area contributed by atoms with E-state index >= 15 is 0 Å². The van der Waals surface area contributed by atoms with Crippen molar-refractivity contribution in [3.8, 4) is 0 Å². The van der Waals surface area contributed by atoms with E-state index in [0.717, 1.165) is 63.1 Å². The first-order chi connectivity index (χ1) is 15.0. The largest absolute Gasteiger partial charge is 0.393 e. The summed E-state index contributed by atoms with van der Waals surface area (Å²) in [6, 6.07) is 0. The van der Waals surface area contributed by atoms with Gasteiger partial charge in [-0.2, -0.15) is 0 Å². The van der Waals surface area contributed by atoms with Crippen molar-refractivity contribution in [1.82, 2.24) is 0 Å². The molecule has 182 valence electrons. The molecule has 5 aliphatic rings. The van der Waals surface area contributed by atoms with E-state index in [9.17, 15) is 10.2 Å². The average molecular weight is 445 g/mol. The molecule has 0 amide bonds. The lowest BCUT2D eigenvalue weighted by Gasteiger charge is -2.59. The van der Waals surface area contributed by atoms with Crippen molar-refractivity contribution in [2.45, 2.75) is 111 Å². The summed E-state index contributed by atoms with van der Waals surface area (Å²) in [5.74, 6) is 3.39. The average Bonchev–Trinajstić information content (AvgIpc) is 3.09. The maximum atomic E-state index is 11.2. The van der Waals surface area contributed by atoms with Crippen LogP contribution in [0.2, 0.25) is 0 Å². The van der Waals surface area contributed by atoms with Crippen molar-refractivity contribution < 1.29 is 14.9 Å².